The molecule has 0 radical (unpaired) electrons. The Morgan fingerprint density at radius 3 is 2.50 bits per heavy atom. The van der Waals surface area contributed by atoms with Crippen LogP contribution in [0.2, 0.25) is 0 Å². The second-order valence-electron chi connectivity index (χ2n) is 5.12. The summed E-state index contributed by atoms with van der Waals surface area (Å²) in [5, 5.41) is 2.93. The fourth-order valence-corrected chi connectivity index (χ4v) is 2.13. The molecule has 0 aromatic heterocycles. The van der Waals surface area contributed by atoms with Gasteiger partial charge in [-0.15, -0.1) is 0 Å². The lowest BCUT2D eigenvalue weighted by Gasteiger charge is -2.07. The molecular formula is C18H21NO. The van der Waals surface area contributed by atoms with Gasteiger partial charge in [-0.1, -0.05) is 43.2 Å². The maximum Gasteiger partial charge on any atom is 0.255 e. The minimum atomic E-state index is -0.0602. The Hall–Kier alpha value is -2.09. The van der Waals surface area contributed by atoms with E-state index in [9.17, 15) is 4.79 Å². The van der Waals surface area contributed by atoms with Crippen LogP contribution in [0.3, 0.4) is 0 Å². The second-order valence-corrected chi connectivity index (χ2v) is 5.12. The molecule has 0 spiro atoms. The first-order valence-corrected chi connectivity index (χ1v) is 7.16. The first-order valence-electron chi connectivity index (χ1n) is 7.16. The maximum absolute atomic E-state index is 12.1. The zero-order valence-electron chi connectivity index (χ0n) is 12.1. The van der Waals surface area contributed by atoms with Gasteiger partial charge in [0, 0.05) is 11.3 Å². The largest absolute Gasteiger partial charge is 0.322 e. The van der Waals surface area contributed by atoms with E-state index >= 15 is 0 Å². The number of carbonyl (C=O) groups is 1. The number of hydrogen-bond donors (Lipinski definition) is 1. The van der Waals surface area contributed by atoms with Crippen molar-refractivity contribution in [2.45, 2.75) is 33.1 Å². The van der Waals surface area contributed by atoms with E-state index in [4.69, 9.17) is 0 Å². The van der Waals surface area contributed by atoms with E-state index in [0.29, 0.717) is 5.56 Å². The number of amides is 1. The average molecular weight is 267 g/mol. The molecule has 0 heterocycles. The topological polar surface area (TPSA) is 29.1 Å². The summed E-state index contributed by atoms with van der Waals surface area (Å²) in [4.78, 5) is 12.1. The fourth-order valence-electron chi connectivity index (χ4n) is 2.13. The molecule has 0 atom stereocenters. The van der Waals surface area contributed by atoms with E-state index in [1.807, 2.05) is 43.3 Å². The zero-order valence-corrected chi connectivity index (χ0v) is 12.1. The summed E-state index contributed by atoms with van der Waals surface area (Å²) in [5.74, 6) is -0.0602. The Morgan fingerprint density at radius 1 is 1.10 bits per heavy atom. The molecule has 2 aromatic carbocycles. The molecule has 0 aliphatic rings. The molecular weight excluding hydrogens is 246 g/mol. The molecule has 2 rings (SSSR count). The van der Waals surface area contributed by atoms with Crippen molar-refractivity contribution in [2.24, 2.45) is 0 Å². The quantitative estimate of drug-likeness (QED) is 0.843. The SMILES string of the molecule is CCCCc1ccc(NC(=O)c2cccc(C)c2)cc1. The molecule has 0 saturated heterocycles. The van der Waals surface area contributed by atoms with Crippen molar-refractivity contribution in [3.05, 3.63) is 65.2 Å². The molecule has 2 heteroatoms. The van der Waals surface area contributed by atoms with Crippen molar-refractivity contribution in [3.8, 4) is 0 Å². The normalized spacial score (nSPS) is 10.3. The second kappa shape index (κ2) is 6.90. The third-order valence-corrected chi connectivity index (χ3v) is 3.31. The zero-order chi connectivity index (χ0) is 14.4. The first kappa shape index (κ1) is 14.3. The highest BCUT2D eigenvalue weighted by Crippen LogP contribution is 2.13. The van der Waals surface area contributed by atoms with Gasteiger partial charge in [-0.2, -0.15) is 0 Å². The Kier molecular flexibility index (Phi) is 4.94. The Bertz CT molecular complexity index is 572. The molecule has 104 valence electrons. The summed E-state index contributed by atoms with van der Waals surface area (Å²) in [6.07, 6.45) is 3.50. The number of benzene rings is 2. The standard InChI is InChI=1S/C18H21NO/c1-3-4-7-15-9-11-17(12-10-15)19-18(20)16-8-5-6-14(2)13-16/h5-6,8-13H,3-4,7H2,1-2H3,(H,19,20). The van der Waals surface area contributed by atoms with Crippen molar-refractivity contribution >= 4 is 11.6 Å². The van der Waals surface area contributed by atoms with Crippen LogP contribution >= 0.6 is 0 Å². The Morgan fingerprint density at radius 2 is 1.85 bits per heavy atom. The van der Waals surface area contributed by atoms with E-state index < -0.39 is 0 Å². The van der Waals surface area contributed by atoms with Crippen LogP contribution in [0.15, 0.2) is 48.5 Å². The third kappa shape index (κ3) is 3.95. The molecule has 2 aromatic rings. The molecule has 1 amide bonds. The monoisotopic (exact) mass is 267 g/mol. The van der Waals surface area contributed by atoms with Gasteiger partial charge in [0.15, 0.2) is 0 Å². The minimum Gasteiger partial charge on any atom is -0.322 e. The minimum absolute atomic E-state index is 0.0602. The van der Waals surface area contributed by atoms with E-state index in [2.05, 4.69) is 24.4 Å². The van der Waals surface area contributed by atoms with Crippen LogP contribution in [-0.4, -0.2) is 5.91 Å². The number of hydrogen-bond acceptors (Lipinski definition) is 1. The van der Waals surface area contributed by atoms with Gasteiger partial charge in [-0.3, -0.25) is 4.79 Å². The molecule has 0 unspecified atom stereocenters. The lowest BCUT2D eigenvalue weighted by atomic mass is 10.1. The maximum atomic E-state index is 12.1. The molecule has 20 heavy (non-hydrogen) atoms. The van der Waals surface area contributed by atoms with Crippen LogP contribution in [0.4, 0.5) is 5.69 Å². The highest BCUT2D eigenvalue weighted by molar-refractivity contribution is 6.04. The van der Waals surface area contributed by atoms with Gasteiger partial charge in [-0.25, -0.2) is 0 Å². The van der Waals surface area contributed by atoms with Crippen molar-refractivity contribution < 1.29 is 4.79 Å². The summed E-state index contributed by atoms with van der Waals surface area (Å²) >= 11 is 0. The van der Waals surface area contributed by atoms with Crippen LogP contribution in [0, 0.1) is 6.92 Å². The molecule has 0 aliphatic carbocycles. The number of rotatable bonds is 5. The smallest absolute Gasteiger partial charge is 0.255 e. The molecule has 2 nitrogen and oxygen atoms in total. The first-order chi connectivity index (χ1) is 9.69. The van der Waals surface area contributed by atoms with Crippen LogP contribution in [0.25, 0.3) is 0 Å². The number of nitrogens with one attached hydrogen (secondary N) is 1. The molecule has 0 fully saturated rings. The van der Waals surface area contributed by atoms with Gasteiger partial charge in [0.1, 0.15) is 0 Å². The highest BCUT2D eigenvalue weighted by atomic mass is 16.1. The fraction of sp³-hybridized carbons (Fsp3) is 0.278. The van der Waals surface area contributed by atoms with Gasteiger partial charge in [0.2, 0.25) is 0 Å². The van der Waals surface area contributed by atoms with Gasteiger partial charge in [0.25, 0.3) is 5.91 Å². The number of anilines is 1. The van der Waals surface area contributed by atoms with Gasteiger partial charge in [0.05, 0.1) is 0 Å². The molecule has 0 saturated carbocycles. The molecule has 0 bridgehead atoms. The van der Waals surface area contributed by atoms with E-state index in [1.54, 1.807) is 0 Å². The summed E-state index contributed by atoms with van der Waals surface area (Å²) in [5.41, 5.74) is 3.95. The van der Waals surface area contributed by atoms with Crippen molar-refractivity contribution in [3.63, 3.8) is 0 Å². The van der Waals surface area contributed by atoms with Crippen molar-refractivity contribution in [2.75, 3.05) is 5.32 Å². The van der Waals surface area contributed by atoms with Crippen LogP contribution in [-0.2, 0) is 6.42 Å². The highest BCUT2D eigenvalue weighted by Gasteiger charge is 2.05. The van der Waals surface area contributed by atoms with E-state index in [-0.39, 0.29) is 5.91 Å². The number of unbranched alkanes of at least 4 members (excludes halogenated alkanes) is 1. The third-order valence-electron chi connectivity index (χ3n) is 3.31. The van der Waals surface area contributed by atoms with Gasteiger partial charge < -0.3 is 5.32 Å². The van der Waals surface area contributed by atoms with E-state index in [0.717, 1.165) is 17.7 Å². The summed E-state index contributed by atoms with van der Waals surface area (Å²) in [7, 11) is 0. The van der Waals surface area contributed by atoms with E-state index in [1.165, 1.54) is 18.4 Å². The number of aryl methyl sites for hydroxylation is 2. The average Bonchev–Trinajstić information content (AvgIpc) is 2.46. The van der Waals surface area contributed by atoms with Gasteiger partial charge >= 0.3 is 0 Å². The molecule has 1 N–H and O–H groups in total. The van der Waals surface area contributed by atoms with Crippen LogP contribution < -0.4 is 5.32 Å². The lowest BCUT2D eigenvalue weighted by Crippen LogP contribution is -2.11. The molecule has 0 aliphatic heterocycles. The van der Waals surface area contributed by atoms with Crippen LogP contribution in [0.5, 0.6) is 0 Å². The van der Waals surface area contributed by atoms with Crippen molar-refractivity contribution in [1.29, 1.82) is 0 Å². The van der Waals surface area contributed by atoms with Crippen molar-refractivity contribution in [1.82, 2.24) is 0 Å². The summed E-state index contributed by atoms with van der Waals surface area (Å²) in [6, 6.07) is 15.7. The summed E-state index contributed by atoms with van der Waals surface area (Å²) in [6.45, 7) is 4.18. The number of carbonyl (C=O) groups excluding carboxylic acids is 1. The van der Waals surface area contributed by atoms with Crippen LogP contribution in [0.1, 0.15) is 41.3 Å². The Balaban J connectivity index is 2.01. The lowest BCUT2D eigenvalue weighted by molar-refractivity contribution is 0.102. The predicted octanol–water partition coefficient (Wildman–Crippen LogP) is 4.59. The van der Waals surface area contributed by atoms with Gasteiger partial charge in [-0.05, 0) is 49.6 Å². The Labute approximate surface area is 120 Å². The predicted molar refractivity (Wildman–Crippen MR) is 84.2 cm³/mol. The summed E-state index contributed by atoms with van der Waals surface area (Å²) < 4.78 is 0.